The molecule has 98 valence electrons. The van der Waals surface area contributed by atoms with Crippen molar-refractivity contribution < 1.29 is 9.15 Å². The van der Waals surface area contributed by atoms with E-state index in [1.165, 1.54) is 6.07 Å². The molecule has 0 radical (unpaired) electrons. The van der Waals surface area contributed by atoms with Crippen LogP contribution in [0.25, 0.3) is 11.1 Å². The molecule has 1 heterocycles. The molecule has 0 saturated heterocycles. The van der Waals surface area contributed by atoms with Crippen molar-refractivity contribution in [1.29, 1.82) is 5.26 Å². The molecule has 2 aromatic carbocycles. The molecule has 0 saturated carbocycles. The maximum absolute atomic E-state index is 11.1. The van der Waals surface area contributed by atoms with Gasteiger partial charge in [0.2, 0.25) is 0 Å². The van der Waals surface area contributed by atoms with E-state index in [0.717, 1.165) is 0 Å². The number of nitrogens with two attached hydrogens (primary N) is 1. The van der Waals surface area contributed by atoms with Crippen LogP contribution in [0.15, 0.2) is 45.6 Å². The molecule has 0 atom stereocenters. The first-order valence-corrected chi connectivity index (χ1v) is 5.76. The van der Waals surface area contributed by atoms with Crippen molar-refractivity contribution in [3.63, 3.8) is 0 Å². The lowest BCUT2D eigenvalue weighted by molar-refractivity contribution is 0.484. The Balaban J connectivity index is 2.08. The van der Waals surface area contributed by atoms with Gasteiger partial charge in [-0.15, -0.1) is 0 Å². The lowest BCUT2D eigenvalue weighted by Crippen LogP contribution is -1.94. The van der Waals surface area contributed by atoms with Crippen molar-refractivity contribution >= 4 is 16.8 Å². The largest absolute Gasteiger partial charge is 0.454 e. The topological polar surface area (TPSA) is 105 Å². The van der Waals surface area contributed by atoms with Gasteiger partial charge in [0.25, 0.3) is 0 Å². The van der Waals surface area contributed by atoms with Gasteiger partial charge in [-0.25, -0.2) is 4.79 Å². The van der Waals surface area contributed by atoms with Crippen LogP contribution in [0.3, 0.4) is 0 Å². The summed E-state index contributed by atoms with van der Waals surface area (Å²) in [6.07, 6.45) is 0. The second-order valence-electron chi connectivity index (χ2n) is 4.11. The van der Waals surface area contributed by atoms with Crippen molar-refractivity contribution in [2.45, 2.75) is 0 Å². The van der Waals surface area contributed by atoms with Crippen LogP contribution in [0.2, 0.25) is 0 Å². The summed E-state index contributed by atoms with van der Waals surface area (Å²) in [6, 6.07) is 11.9. The number of aromatic amines is 1. The van der Waals surface area contributed by atoms with Gasteiger partial charge in [-0.05, 0) is 12.1 Å². The highest BCUT2D eigenvalue weighted by atomic mass is 16.5. The average Bonchev–Trinajstić information content (AvgIpc) is 2.79. The molecule has 6 heteroatoms. The van der Waals surface area contributed by atoms with Crippen LogP contribution < -0.4 is 16.2 Å². The van der Waals surface area contributed by atoms with E-state index in [1.807, 2.05) is 6.07 Å². The number of nitrogens with one attached hydrogen (secondary N) is 1. The standard InChI is InChI=1S/C14H9N3O3/c15-7-8-3-1-2-4-11(8)19-12-6-10-13(5-9(12)16)20-14(18)17-10/h1-6H,16H2,(H,17,18). The van der Waals surface area contributed by atoms with E-state index >= 15 is 0 Å². The third-order valence-electron chi connectivity index (χ3n) is 2.78. The molecule has 0 aliphatic rings. The van der Waals surface area contributed by atoms with Crippen LogP contribution >= 0.6 is 0 Å². The molecule has 0 amide bonds. The minimum Gasteiger partial charge on any atom is -0.454 e. The highest BCUT2D eigenvalue weighted by Gasteiger charge is 2.10. The Morgan fingerprint density at radius 2 is 2.05 bits per heavy atom. The molecule has 0 unspecified atom stereocenters. The molecule has 0 aliphatic carbocycles. The van der Waals surface area contributed by atoms with Crippen LogP contribution in [0.1, 0.15) is 5.56 Å². The molecule has 0 fully saturated rings. The van der Waals surface area contributed by atoms with E-state index in [0.29, 0.717) is 33.8 Å². The number of nitrogens with zero attached hydrogens (tertiary/aromatic N) is 1. The number of oxazole rings is 1. The molecule has 3 N–H and O–H groups in total. The fourth-order valence-corrected chi connectivity index (χ4v) is 1.85. The summed E-state index contributed by atoms with van der Waals surface area (Å²) >= 11 is 0. The number of H-pyrrole nitrogens is 1. The molecule has 3 aromatic rings. The van der Waals surface area contributed by atoms with Gasteiger partial charge in [-0.3, -0.25) is 4.98 Å². The van der Waals surface area contributed by atoms with Crippen LogP contribution in [0, 0.1) is 11.3 Å². The number of aromatic nitrogens is 1. The maximum Gasteiger partial charge on any atom is 0.417 e. The Bertz CT molecular complexity index is 887. The number of hydrogen-bond acceptors (Lipinski definition) is 5. The van der Waals surface area contributed by atoms with Gasteiger partial charge in [0.05, 0.1) is 16.8 Å². The predicted molar refractivity (Wildman–Crippen MR) is 72.5 cm³/mol. The van der Waals surface area contributed by atoms with Gasteiger partial charge < -0.3 is 14.9 Å². The zero-order valence-electron chi connectivity index (χ0n) is 10.2. The first-order valence-electron chi connectivity index (χ1n) is 5.76. The summed E-state index contributed by atoms with van der Waals surface area (Å²) < 4.78 is 10.5. The molecular weight excluding hydrogens is 258 g/mol. The number of para-hydroxylation sites is 1. The lowest BCUT2D eigenvalue weighted by atomic mass is 10.2. The van der Waals surface area contributed by atoms with Crippen LogP contribution in [-0.2, 0) is 0 Å². The Labute approximate surface area is 113 Å². The Hall–Kier alpha value is -3.20. The monoisotopic (exact) mass is 267 g/mol. The Kier molecular flexibility index (Phi) is 2.66. The zero-order chi connectivity index (χ0) is 14.1. The van der Waals surface area contributed by atoms with Crippen molar-refractivity contribution in [2.24, 2.45) is 0 Å². The highest BCUT2D eigenvalue weighted by Crippen LogP contribution is 2.32. The van der Waals surface area contributed by atoms with Crippen LogP contribution in [0.4, 0.5) is 5.69 Å². The molecule has 0 bridgehead atoms. The number of nitriles is 1. The van der Waals surface area contributed by atoms with E-state index < -0.39 is 5.76 Å². The van der Waals surface area contributed by atoms with Gasteiger partial charge >= 0.3 is 5.76 Å². The summed E-state index contributed by atoms with van der Waals surface area (Å²) in [4.78, 5) is 13.6. The lowest BCUT2D eigenvalue weighted by Gasteiger charge is -2.09. The first-order chi connectivity index (χ1) is 9.67. The van der Waals surface area contributed by atoms with Gasteiger partial charge in [0, 0.05) is 12.1 Å². The highest BCUT2D eigenvalue weighted by molar-refractivity contribution is 5.80. The minimum atomic E-state index is -0.561. The quantitative estimate of drug-likeness (QED) is 0.693. The Morgan fingerprint density at radius 1 is 1.25 bits per heavy atom. The van der Waals surface area contributed by atoms with Crippen molar-refractivity contribution in [3.8, 4) is 17.6 Å². The van der Waals surface area contributed by atoms with Crippen LogP contribution in [0.5, 0.6) is 11.5 Å². The minimum absolute atomic E-state index is 0.313. The van der Waals surface area contributed by atoms with Crippen molar-refractivity contribution in [3.05, 3.63) is 52.5 Å². The Morgan fingerprint density at radius 3 is 2.85 bits per heavy atom. The number of anilines is 1. The fraction of sp³-hybridized carbons (Fsp3) is 0. The molecule has 1 aromatic heterocycles. The van der Waals surface area contributed by atoms with Gasteiger partial charge in [0.1, 0.15) is 11.8 Å². The van der Waals surface area contributed by atoms with Crippen molar-refractivity contribution in [1.82, 2.24) is 4.98 Å². The maximum atomic E-state index is 11.1. The van der Waals surface area contributed by atoms with Gasteiger partial charge in [-0.1, -0.05) is 12.1 Å². The third kappa shape index (κ3) is 1.97. The summed E-state index contributed by atoms with van der Waals surface area (Å²) in [5.74, 6) is 0.179. The number of nitrogen functional groups attached to an aromatic ring is 1. The first kappa shape index (κ1) is 11.9. The second kappa shape index (κ2) is 4.48. The van der Waals surface area contributed by atoms with Gasteiger partial charge in [-0.2, -0.15) is 5.26 Å². The number of hydrogen-bond donors (Lipinski definition) is 2. The van der Waals surface area contributed by atoms with Crippen LogP contribution in [-0.4, -0.2) is 4.98 Å². The van der Waals surface area contributed by atoms with E-state index in [-0.39, 0.29) is 0 Å². The van der Waals surface area contributed by atoms with Crippen molar-refractivity contribution in [2.75, 3.05) is 5.73 Å². The summed E-state index contributed by atoms with van der Waals surface area (Å²) in [6.45, 7) is 0. The predicted octanol–water partition coefficient (Wildman–Crippen LogP) is 2.37. The summed E-state index contributed by atoms with van der Waals surface area (Å²) in [5.41, 5.74) is 7.40. The number of benzene rings is 2. The summed E-state index contributed by atoms with van der Waals surface area (Å²) in [5, 5.41) is 9.02. The average molecular weight is 267 g/mol. The molecule has 0 spiro atoms. The smallest absolute Gasteiger partial charge is 0.417 e. The van der Waals surface area contributed by atoms with Gasteiger partial charge in [0.15, 0.2) is 11.3 Å². The molecule has 6 nitrogen and oxygen atoms in total. The third-order valence-corrected chi connectivity index (χ3v) is 2.78. The molecule has 3 rings (SSSR count). The summed E-state index contributed by atoms with van der Waals surface area (Å²) in [7, 11) is 0. The molecule has 20 heavy (non-hydrogen) atoms. The zero-order valence-corrected chi connectivity index (χ0v) is 10.2. The van der Waals surface area contributed by atoms with E-state index in [4.69, 9.17) is 20.1 Å². The number of fused-ring (bicyclic) bond motifs is 1. The number of ether oxygens (including phenoxy) is 1. The SMILES string of the molecule is N#Cc1ccccc1Oc1cc2[nH]c(=O)oc2cc1N. The molecular formula is C14H9N3O3. The molecule has 0 aliphatic heterocycles. The fourth-order valence-electron chi connectivity index (χ4n) is 1.85. The normalized spacial score (nSPS) is 10.3. The number of rotatable bonds is 2. The van der Waals surface area contributed by atoms with E-state index in [2.05, 4.69) is 4.98 Å². The second-order valence-corrected chi connectivity index (χ2v) is 4.11. The van der Waals surface area contributed by atoms with E-state index in [9.17, 15) is 4.79 Å². The van der Waals surface area contributed by atoms with E-state index in [1.54, 1.807) is 30.3 Å².